The molecule has 2 N–H and O–H groups in total. The summed E-state index contributed by atoms with van der Waals surface area (Å²) in [7, 11) is 0. The standard InChI is InChI=1S/C62H64N4O3/c1-9-10-11-12-13-14-15-16-33-68-47-21-17-45(18-22-47)59-49-25-29-53(63-49)61(57-40(4)34-38(2)35-41(57)5)55-31-27-51(65-55)60(46-19-23-48(24-20-46)69-44(8)67)52-28-32-56(66-52)62(54-30-26-50(59)64-54)58-42(6)36-39(3)37-43(58)7/h17-32,34-37,63,66H,9-16,33H2,1-8H3. The van der Waals surface area contributed by atoms with Crippen LogP contribution >= 0.6 is 0 Å². The minimum atomic E-state index is -0.362. The molecule has 7 heteroatoms. The van der Waals surface area contributed by atoms with Gasteiger partial charge < -0.3 is 19.4 Å². The molecule has 3 aromatic heterocycles. The lowest BCUT2D eigenvalue weighted by molar-refractivity contribution is -0.131. The maximum Gasteiger partial charge on any atom is 0.308 e. The Morgan fingerprint density at radius 3 is 1.22 bits per heavy atom. The van der Waals surface area contributed by atoms with Gasteiger partial charge in [-0.1, -0.05) is 112 Å². The summed E-state index contributed by atoms with van der Waals surface area (Å²) in [5, 5.41) is 0. The van der Waals surface area contributed by atoms with E-state index in [2.05, 4.69) is 156 Å². The van der Waals surface area contributed by atoms with Crippen LogP contribution < -0.4 is 9.47 Å². The number of aromatic amines is 2. The number of aryl methyl sites for hydroxylation is 6. The molecule has 350 valence electrons. The number of nitrogens with zero attached hydrogens (tertiary/aromatic N) is 2. The first kappa shape index (κ1) is 46.8. The molecule has 69 heavy (non-hydrogen) atoms. The van der Waals surface area contributed by atoms with Crippen molar-refractivity contribution in [3.05, 3.63) is 153 Å². The van der Waals surface area contributed by atoms with E-state index in [0.29, 0.717) is 12.4 Å². The van der Waals surface area contributed by atoms with Crippen LogP contribution in [0.3, 0.4) is 0 Å². The Hall–Kier alpha value is -7.25. The van der Waals surface area contributed by atoms with Crippen molar-refractivity contribution in [1.82, 2.24) is 19.9 Å². The van der Waals surface area contributed by atoms with Gasteiger partial charge in [-0.3, -0.25) is 4.79 Å². The third kappa shape index (κ3) is 10.1. The first-order valence-corrected chi connectivity index (χ1v) is 24.8. The Balaban J connectivity index is 1.29. The molecular weight excluding hydrogens is 849 g/mol. The van der Waals surface area contributed by atoms with Crippen molar-refractivity contribution in [3.8, 4) is 56.0 Å². The Morgan fingerprint density at radius 1 is 0.449 bits per heavy atom. The zero-order valence-electron chi connectivity index (χ0n) is 41.5. The molecule has 2 aliphatic heterocycles. The van der Waals surface area contributed by atoms with Gasteiger partial charge in [0.25, 0.3) is 0 Å². The van der Waals surface area contributed by atoms with E-state index in [1.807, 2.05) is 24.3 Å². The highest BCUT2D eigenvalue weighted by molar-refractivity contribution is 6.01. The van der Waals surface area contributed by atoms with E-state index in [-0.39, 0.29) is 5.97 Å². The molecule has 0 radical (unpaired) electrons. The van der Waals surface area contributed by atoms with E-state index in [9.17, 15) is 4.79 Å². The predicted molar refractivity (Wildman–Crippen MR) is 288 cm³/mol. The number of unbranched alkanes of at least 4 members (excludes halogenated alkanes) is 7. The number of esters is 1. The van der Waals surface area contributed by atoms with E-state index < -0.39 is 0 Å². The van der Waals surface area contributed by atoms with Gasteiger partial charge in [0, 0.05) is 51.2 Å². The molecule has 0 atom stereocenters. The number of carbonyl (C=O) groups excluding carboxylic acids is 1. The Labute approximate surface area is 407 Å². The zero-order chi connectivity index (χ0) is 48.2. The summed E-state index contributed by atoms with van der Waals surface area (Å²) < 4.78 is 11.8. The summed E-state index contributed by atoms with van der Waals surface area (Å²) in [6.07, 6.45) is 18.7. The van der Waals surface area contributed by atoms with Crippen LogP contribution in [0.15, 0.2) is 97.1 Å². The van der Waals surface area contributed by atoms with E-state index in [0.717, 1.165) is 102 Å². The number of hydrogen-bond donors (Lipinski definition) is 2. The highest BCUT2D eigenvalue weighted by Gasteiger charge is 2.22. The van der Waals surface area contributed by atoms with Gasteiger partial charge in [0.05, 0.1) is 29.4 Å². The molecule has 4 aromatic carbocycles. The van der Waals surface area contributed by atoms with E-state index in [1.165, 1.54) is 85.3 Å². The van der Waals surface area contributed by atoms with Crippen molar-refractivity contribution in [2.75, 3.05) is 6.61 Å². The van der Waals surface area contributed by atoms with Crippen LogP contribution in [0.25, 0.3) is 90.9 Å². The topological polar surface area (TPSA) is 92.9 Å². The number of fused-ring (bicyclic) bond motifs is 8. The van der Waals surface area contributed by atoms with Gasteiger partial charge in [0.1, 0.15) is 11.5 Å². The molecule has 0 saturated heterocycles. The maximum atomic E-state index is 11.9. The van der Waals surface area contributed by atoms with Gasteiger partial charge in [-0.2, -0.15) is 0 Å². The van der Waals surface area contributed by atoms with Crippen LogP contribution in [0.5, 0.6) is 11.5 Å². The first-order valence-electron chi connectivity index (χ1n) is 24.8. The van der Waals surface area contributed by atoms with Crippen LogP contribution in [-0.4, -0.2) is 32.5 Å². The first-order chi connectivity index (χ1) is 33.4. The molecule has 0 spiro atoms. The van der Waals surface area contributed by atoms with E-state index >= 15 is 0 Å². The molecule has 0 amide bonds. The molecule has 5 heterocycles. The quantitative estimate of drug-likeness (QED) is 0.0607. The highest BCUT2D eigenvalue weighted by atomic mass is 16.5. The number of ether oxygens (including phenoxy) is 2. The Kier molecular flexibility index (Phi) is 13.9. The lowest BCUT2D eigenvalue weighted by Crippen LogP contribution is -2.00. The lowest BCUT2D eigenvalue weighted by Gasteiger charge is -2.13. The molecule has 0 saturated carbocycles. The maximum absolute atomic E-state index is 11.9. The molecule has 0 fully saturated rings. The fourth-order valence-electron chi connectivity index (χ4n) is 10.5. The second-order valence-electron chi connectivity index (χ2n) is 19.0. The van der Waals surface area contributed by atoms with Crippen molar-refractivity contribution in [1.29, 1.82) is 0 Å². The number of nitrogens with one attached hydrogen (secondary N) is 2. The number of benzene rings is 4. The largest absolute Gasteiger partial charge is 0.494 e. The third-order valence-corrected chi connectivity index (χ3v) is 13.4. The Bertz CT molecular complexity index is 3190. The van der Waals surface area contributed by atoms with Crippen molar-refractivity contribution < 1.29 is 14.3 Å². The van der Waals surface area contributed by atoms with Crippen LogP contribution in [0.1, 0.15) is 121 Å². The van der Waals surface area contributed by atoms with Crippen LogP contribution in [0.4, 0.5) is 0 Å². The van der Waals surface area contributed by atoms with Crippen molar-refractivity contribution in [2.24, 2.45) is 0 Å². The number of rotatable bonds is 15. The number of carbonyl (C=O) groups is 1. The van der Waals surface area contributed by atoms with Gasteiger partial charge in [0.2, 0.25) is 0 Å². The molecule has 9 rings (SSSR count). The summed E-state index contributed by atoms with van der Waals surface area (Å²) in [6.45, 7) is 17.5. The van der Waals surface area contributed by atoms with Crippen molar-refractivity contribution >= 4 is 52.3 Å². The lowest BCUT2D eigenvalue weighted by atomic mass is 9.92. The smallest absolute Gasteiger partial charge is 0.308 e. The summed E-state index contributed by atoms with van der Waals surface area (Å²) in [5.41, 5.74) is 22.5. The second-order valence-corrected chi connectivity index (χ2v) is 19.0. The van der Waals surface area contributed by atoms with Gasteiger partial charge in [-0.25, -0.2) is 9.97 Å². The zero-order valence-corrected chi connectivity index (χ0v) is 41.5. The molecule has 7 aromatic rings. The number of H-pyrrole nitrogens is 2. The number of hydrogen-bond acceptors (Lipinski definition) is 5. The summed E-state index contributed by atoms with van der Waals surface area (Å²) in [4.78, 5) is 30.8. The van der Waals surface area contributed by atoms with Gasteiger partial charge >= 0.3 is 5.97 Å². The number of aromatic nitrogens is 4. The molecular formula is C62H64N4O3. The molecule has 8 bridgehead atoms. The van der Waals surface area contributed by atoms with E-state index in [1.54, 1.807) is 0 Å². The monoisotopic (exact) mass is 912 g/mol. The van der Waals surface area contributed by atoms with Crippen LogP contribution in [-0.2, 0) is 4.79 Å². The second kappa shape index (κ2) is 20.5. The van der Waals surface area contributed by atoms with Gasteiger partial charge in [0.15, 0.2) is 0 Å². The Morgan fingerprint density at radius 2 is 0.812 bits per heavy atom. The predicted octanol–water partition coefficient (Wildman–Crippen LogP) is 16.6. The SMILES string of the molecule is CCCCCCCCCCOc1ccc(-c2c3nc(c(-c4c(C)cc(C)cc4C)c4ccc([nH]4)c(-c4ccc(OC(C)=O)cc4)c4nc(c(-c5c(C)cc(C)cc5C)c5ccc2[nH]5)C=C4)C=C3)cc1. The van der Waals surface area contributed by atoms with Crippen LogP contribution in [0, 0.1) is 41.5 Å². The fourth-order valence-corrected chi connectivity index (χ4v) is 10.5. The average molecular weight is 913 g/mol. The molecule has 0 aliphatic carbocycles. The van der Waals surface area contributed by atoms with Crippen molar-refractivity contribution in [2.45, 2.75) is 107 Å². The molecule has 7 nitrogen and oxygen atoms in total. The van der Waals surface area contributed by atoms with E-state index in [4.69, 9.17) is 19.4 Å². The minimum absolute atomic E-state index is 0.362. The van der Waals surface area contributed by atoms with Gasteiger partial charge in [-0.15, -0.1) is 0 Å². The normalized spacial score (nSPS) is 11.9. The van der Waals surface area contributed by atoms with Crippen LogP contribution in [0.2, 0.25) is 0 Å². The highest BCUT2D eigenvalue weighted by Crippen LogP contribution is 2.41. The average Bonchev–Trinajstić information content (AvgIpc) is 4.16. The summed E-state index contributed by atoms with van der Waals surface area (Å²) in [5.74, 6) is 0.998. The third-order valence-electron chi connectivity index (χ3n) is 13.4. The summed E-state index contributed by atoms with van der Waals surface area (Å²) in [6, 6.07) is 33.9. The van der Waals surface area contributed by atoms with Crippen molar-refractivity contribution in [3.63, 3.8) is 0 Å². The fraction of sp³-hybridized carbons (Fsp3) is 0.274. The molecule has 2 aliphatic rings. The molecule has 0 unspecified atom stereocenters. The van der Waals surface area contributed by atoms with Gasteiger partial charge in [-0.05, 0) is 165 Å². The summed E-state index contributed by atoms with van der Waals surface area (Å²) >= 11 is 0. The minimum Gasteiger partial charge on any atom is -0.494 e.